The Bertz CT molecular complexity index is 219. The number of hydrogen-bond acceptors (Lipinski definition) is 0. The van der Waals surface area contributed by atoms with Gasteiger partial charge in [0, 0.05) is 7.14 Å². The van der Waals surface area contributed by atoms with E-state index in [1.807, 2.05) is 0 Å². The summed E-state index contributed by atoms with van der Waals surface area (Å²) in [5.74, 6) is 0. The van der Waals surface area contributed by atoms with Crippen LogP contribution in [0.3, 0.4) is 0 Å². The van der Waals surface area contributed by atoms with Crippen LogP contribution in [-0.2, 0) is 0 Å². The number of hydrogen-bond donors (Lipinski definition) is 0. The van der Waals surface area contributed by atoms with E-state index in [2.05, 4.69) is 76.3 Å². The molecule has 0 bridgehead atoms. The third-order valence-corrected chi connectivity index (χ3v) is 4.98. The number of rotatable bonds is 1. The molecule has 4 heteroatoms. The summed E-state index contributed by atoms with van der Waals surface area (Å²) in [4.78, 5) is 0. The van der Waals surface area contributed by atoms with Crippen molar-refractivity contribution in [2.24, 2.45) is 0 Å². The summed E-state index contributed by atoms with van der Waals surface area (Å²) in [7, 11) is 0. The minimum atomic E-state index is -0.149. The Hall–Kier alpha value is 1.93. The lowest BCUT2D eigenvalue weighted by Crippen LogP contribution is -2.08. The first-order valence-electron chi connectivity index (χ1n) is 2.73. The maximum atomic E-state index is 3.56. The zero-order valence-corrected chi connectivity index (χ0v) is 12.4. The van der Waals surface area contributed by atoms with Crippen molar-refractivity contribution in [2.75, 3.05) is 0 Å². The van der Waals surface area contributed by atoms with Gasteiger partial charge in [-0.1, -0.05) is 12.1 Å². The van der Waals surface area contributed by atoms with E-state index in [0.717, 1.165) is 0 Å². The molecule has 0 heterocycles. The third-order valence-electron chi connectivity index (χ3n) is 1.08. The standard InChI is InChI=1S/C6H3I2.BrH.Mg/c7-5-2-1-3-6(8)4-5;;/h2-4H;1H;/q;;+1/p-1. The molecule has 50 valence electrons. The summed E-state index contributed by atoms with van der Waals surface area (Å²) in [6.07, 6.45) is 0. The zero-order chi connectivity index (χ0) is 7.56. The first-order chi connectivity index (χ1) is 4.72. The van der Waals surface area contributed by atoms with E-state index >= 15 is 0 Å². The molecular formula is C6H3BrI2Mg. The average Bonchev–Trinajstić information content (AvgIpc) is 1.85. The maximum absolute atomic E-state index is 3.56. The van der Waals surface area contributed by atoms with Crippen LogP contribution in [0.2, 0.25) is 0 Å². The van der Waals surface area contributed by atoms with Crippen LogP contribution in [-0.4, -0.2) is 18.2 Å². The van der Waals surface area contributed by atoms with E-state index in [9.17, 15) is 0 Å². The van der Waals surface area contributed by atoms with Gasteiger partial charge in [-0.05, 0) is 51.2 Å². The zero-order valence-electron chi connectivity index (χ0n) is 5.07. The molecule has 0 unspecified atom stereocenters. The quantitative estimate of drug-likeness (QED) is 0.472. The lowest BCUT2D eigenvalue weighted by atomic mass is 10.4. The fraction of sp³-hybridized carbons (Fsp3) is 0. The summed E-state index contributed by atoms with van der Waals surface area (Å²) < 4.78 is 4.16. The van der Waals surface area contributed by atoms with Crippen LogP contribution in [0.5, 0.6) is 0 Å². The molecule has 0 aliphatic rings. The van der Waals surface area contributed by atoms with Crippen LogP contribution < -0.4 is 3.69 Å². The number of benzene rings is 1. The molecule has 0 spiro atoms. The monoisotopic (exact) mass is 432 g/mol. The van der Waals surface area contributed by atoms with Crippen molar-refractivity contribution in [1.29, 1.82) is 0 Å². The lowest BCUT2D eigenvalue weighted by Gasteiger charge is -1.97. The SMILES string of the molecule is [Br][Mg][c]1cc(I)cc(I)c1. The molecule has 0 N–H and O–H groups in total. The fourth-order valence-corrected chi connectivity index (χ4v) is 5.15. The van der Waals surface area contributed by atoms with Crippen LogP contribution in [0.25, 0.3) is 0 Å². The Morgan fingerprint density at radius 1 is 1.10 bits per heavy atom. The third kappa shape index (κ3) is 3.12. The molecular weight excluding hydrogens is 430 g/mol. The van der Waals surface area contributed by atoms with Gasteiger partial charge in [0.2, 0.25) is 0 Å². The molecule has 0 amide bonds. The average molecular weight is 433 g/mol. The van der Waals surface area contributed by atoms with Gasteiger partial charge in [0.1, 0.15) is 0 Å². The van der Waals surface area contributed by atoms with E-state index < -0.39 is 0 Å². The van der Waals surface area contributed by atoms with Gasteiger partial charge in [0.15, 0.2) is 0 Å². The summed E-state index contributed by atoms with van der Waals surface area (Å²) in [5, 5.41) is 0. The predicted molar refractivity (Wildman–Crippen MR) is 66.2 cm³/mol. The van der Waals surface area contributed by atoms with Crippen molar-refractivity contribution >= 4 is 80.0 Å². The normalized spacial score (nSPS) is 9.10. The minimum absolute atomic E-state index is 0.149. The summed E-state index contributed by atoms with van der Waals surface area (Å²) in [6, 6.07) is 6.66. The molecule has 0 saturated carbocycles. The fourth-order valence-electron chi connectivity index (χ4n) is 0.688. The van der Waals surface area contributed by atoms with E-state index in [1.165, 1.54) is 10.8 Å². The first-order valence-corrected chi connectivity index (χ1v) is 9.49. The summed E-state index contributed by atoms with van der Waals surface area (Å²) in [6.45, 7) is 0. The van der Waals surface area contributed by atoms with E-state index in [0.29, 0.717) is 0 Å². The van der Waals surface area contributed by atoms with Crippen LogP contribution >= 0.6 is 58.1 Å². The second kappa shape index (κ2) is 4.83. The van der Waals surface area contributed by atoms with Crippen molar-refractivity contribution in [1.82, 2.24) is 0 Å². The van der Waals surface area contributed by atoms with Gasteiger partial charge in [0.05, 0.1) is 0 Å². The topological polar surface area (TPSA) is 0 Å². The molecule has 1 aromatic rings. The highest BCUT2D eigenvalue weighted by Crippen LogP contribution is 2.08. The Balaban J connectivity index is 3.06. The molecule has 0 fully saturated rings. The van der Waals surface area contributed by atoms with Gasteiger partial charge < -0.3 is 0 Å². The number of halogens is 3. The molecule has 0 atom stereocenters. The smallest absolute Gasteiger partial charge is 0.296 e. The van der Waals surface area contributed by atoms with Crippen molar-refractivity contribution < 1.29 is 0 Å². The Morgan fingerprint density at radius 3 is 2.00 bits per heavy atom. The van der Waals surface area contributed by atoms with Gasteiger partial charge in [-0.15, -0.1) is 3.69 Å². The Labute approximate surface area is 103 Å². The van der Waals surface area contributed by atoms with Crippen molar-refractivity contribution in [3.8, 4) is 0 Å². The van der Waals surface area contributed by atoms with Crippen LogP contribution in [0.1, 0.15) is 0 Å². The predicted octanol–water partition coefficient (Wildman–Crippen LogP) is 2.54. The molecule has 0 saturated heterocycles. The molecule has 1 rings (SSSR count). The van der Waals surface area contributed by atoms with Gasteiger partial charge in [-0.25, -0.2) is 0 Å². The Kier molecular flexibility index (Phi) is 4.84. The summed E-state index contributed by atoms with van der Waals surface area (Å²) >= 11 is 8.11. The molecule has 0 aromatic heterocycles. The molecule has 1 aromatic carbocycles. The van der Waals surface area contributed by atoms with Crippen LogP contribution in [0, 0.1) is 7.14 Å². The second-order valence-corrected chi connectivity index (χ2v) is 7.17. The second-order valence-electron chi connectivity index (χ2n) is 1.91. The van der Waals surface area contributed by atoms with Crippen molar-refractivity contribution in [3.05, 3.63) is 25.3 Å². The maximum Gasteiger partial charge on any atom is 0.506 e. The van der Waals surface area contributed by atoms with Crippen molar-refractivity contribution in [3.63, 3.8) is 0 Å². The van der Waals surface area contributed by atoms with Gasteiger partial charge in [-0.3, -0.25) is 12.9 Å². The molecule has 0 aliphatic carbocycles. The minimum Gasteiger partial charge on any atom is -0.296 e. The summed E-state index contributed by atoms with van der Waals surface area (Å²) in [5.41, 5.74) is 0. The molecule has 0 radical (unpaired) electrons. The van der Waals surface area contributed by atoms with Gasteiger partial charge >= 0.3 is 18.2 Å². The highest BCUT2D eigenvalue weighted by Gasteiger charge is 1.97. The largest absolute Gasteiger partial charge is 0.506 e. The van der Waals surface area contributed by atoms with Crippen LogP contribution in [0.15, 0.2) is 18.2 Å². The van der Waals surface area contributed by atoms with E-state index in [4.69, 9.17) is 0 Å². The van der Waals surface area contributed by atoms with Gasteiger partial charge in [0.25, 0.3) is 0 Å². The molecule has 0 aliphatic heterocycles. The molecule has 10 heavy (non-hydrogen) atoms. The highest BCUT2D eigenvalue weighted by atomic mass is 127. The van der Waals surface area contributed by atoms with E-state index in [-0.39, 0.29) is 18.2 Å². The lowest BCUT2D eigenvalue weighted by molar-refractivity contribution is 1.64. The van der Waals surface area contributed by atoms with Crippen LogP contribution in [0.4, 0.5) is 0 Å². The highest BCUT2D eigenvalue weighted by molar-refractivity contribution is 14.1. The van der Waals surface area contributed by atoms with Crippen molar-refractivity contribution in [2.45, 2.75) is 0 Å². The van der Waals surface area contributed by atoms with E-state index in [1.54, 1.807) is 0 Å². The molecule has 0 nitrogen and oxygen atoms in total. The first kappa shape index (κ1) is 10.0. The van der Waals surface area contributed by atoms with Gasteiger partial charge in [-0.2, -0.15) is 0 Å². The Morgan fingerprint density at radius 2 is 1.60 bits per heavy atom.